The molecule has 0 fully saturated rings. The van der Waals surface area contributed by atoms with Gasteiger partial charge >= 0.3 is 35.5 Å². The first-order chi connectivity index (χ1) is 11.5. The van der Waals surface area contributed by atoms with Crippen LogP contribution in [0.4, 0.5) is 0 Å². The van der Waals surface area contributed by atoms with Crippen molar-refractivity contribution in [3.8, 4) is 0 Å². The van der Waals surface area contributed by atoms with E-state index in [-0.39, 0.29) is 47.8 Å². The van der Waals surface area contributed by atoms with Gasteiger partial charge in [0.1, 0.15) is 6.04 Å². The Hall–Kier alpha value is -0.890. The van der Waals surface area contributed by atoms with Crippen LogP contribution in [0.2, 0.25) is 0 Å². The molecule has 0 heterocycles. The molecule has 1 atom stereocenters. The summed E-state index contributed by atoms with van der Waals surface area (Å²) < 4.78 is 0. The van der Waals surface area contributed by atoms with Crippen LogP contribution in [-0.4, -0.2) is 47.2 Å². The summed E-state index contributed by atoms with van der Waals surface area (Å²) in [5.41, 5.74) is 0. The number of aliphatic imine (C=N–C) groups is 1. The fraction of sp³-hybridized carbons (Fsp3) is 0.706. The van der Waals surface area contributed by atoms with E-state index in [1.54, 1.807) is 0 Å². The van der Waals surface area contributed by atoms with Gasteiger partial charge in [0, 0.05) is 13.0 Å². The summed E-state index contributed by atoms with van der Waals surface area (Å²) in [5, 5.41) is 30.6. The molecule has 0 aromatic heterocycles. The fourth-order valence-corrected chi connectivity index (χ4v) is 2.16. The first-order valence-electron chi connectivity index (χ1n) is 8.48. The number of amides is 1. The second-order valence-electron chi connectivity index (χ2n) is 5.64. The van der Waals surface area contributed by atoms with Crippen molar-refractivity contribution in [2.24, 2.45) is 4.99 Å². The molecule has 0 bridgehead atoms. The van der Waals surface area contributed by atoms with Crippen LogP contribution in [0, 0.1) is 0 Å². The summed E-state index contributed by atoms with van der Waals surface area (Å²) in [6.45, 7) is 3.32. The third kappa shape index (κ3) is 16.3. The summed E-state index contributed by atoms with van der Waals surface area (Å²) in [6, 6.07) is -1.22. The number of aliphatic hydroxyl groups excluding tert-OH is 1. The fourth-order valence-electron chi connectivity index (χ4n) is 2.16. The third-order valence-corrected chi connectivity index (χ3v) is 3.57. The molecule has 8 heteroatoms. The molecule has 7 nitrogen and oxygen atoms in total. The minimum absolute atomic E-state index is 0. The van der Waals surface area contributed by atoms with E-state index in [9.17, 15) is 14.7 Å². The molecule has 0 saturated carbocycles. The Morgan fingerprint density at radius 1 is 1.08 bits per heavy atom. The molecule has 0 aliphatic rings. The van der Waals surface area contributed by atoms with Crippen molar-refractivity contribution in [3.05, 3.63) is 12.7 Å². The second-order valence-corrected chi connectivity index (χ2v) is 5.64. The van der Waals surface area contributed by atoms with Crippen molar-refractivity contribution in [2.45, 2.75) is 63.8 Å². The number of hydrogen-bond donors (Lipinski definition) is 3. The van der Waals surface area contributed by atoms with E-state index in [4.69, 9.17) is 10.2 Å². The van der Waals surface area contributed by atoms with Crippen LogP contribution in [0.25, 0.3) is 0 Å². The van der Waals surface area contributed by atoms with E-state index in [0.29, 0.717) is 13.0 Å². The summed E-state index contributed by atoms with van der Waals surface area (Å²) >= 11 is 0. The van der Waals surface area contributed by atoms with Gasteiger partial charge in [-0.3, -0.25) is 4.79 Å². The van der Waals surface area contributed by atoms with Crippen molar-refractivity contribution in [3.63, 3.8) is 0 Å². The van der Waals surface area contributed by atoms with Gasteiger partial charge in [-0.15, -0.1) is 0 Å². The maximum absolute atomic E-state index is 11.5. The van der Waals surface area contributed by atoms with E-state index in [1.165, 1.54) is 6.08 Å². The van der Waals surface area contributed by atoms with Crippen molar-refractivity contribution in [1.82, 2.24) is 5.32 Å². The number of rotatable bonds is 15. The van der Waals surface area contributed by atoms with Crippen LogP contribution in [0.3, 0.4) is 0 Å². The minimum atomic E-state index is -1.23. The first kappa shape index (κ1) is 26.3. The van der Waals surface area contributed by atoms with Gasteiger partial charge in [0.05, 0.1) is 6.61 Å². The SMILES string of the molecule is C=CC([O-])=NCCCCCCCCCCC(=O)N[C@@H](CO)C(=O)O.[Na+]. The number of unbranched alkanes of at least 4 members (excludes halogenated alkanes) is 7. The number of carboxylic acid groups (broad SMARTS) is 1. The number of carbonyl (C=O) groups excluding carboxylic acids is 1. The Morgan fingerprint density at radius 2 is 1.60 bits per heavy atom. The number of hydrogen-bond acceptors (Lipinski definition) is 5. The van der Waals surface area contributed by atoms with E-state index in [0.717, 1.165) is 44.9 Å². The molecule has 25 heavy (non-hydrogen) atoms. The van der Waals surface area contributed by atoms with Crippen molar-refractivity contribution in [1.29, 1.82) is 0 Å². The Kier molecular flexibility index (Phi) is 18.9. The average Bonchev–Trinajstić information content (AvgIpc) is 2.56. The summed E-state index contributed by atoms with van der Waals surface area (Å²) in [7, 11) is 0. The minimum Gasteiger partial charge on any atom is -0.859 e. The number of aliphatic carboxylic acids is 1. The van der Waals surface area contributed by atoms with Crippen molar-refractivity contribution in [2.75, 3.05) is 13.2 Å². The molecule has 0 unspecified atom stereocenters. The number of nitrogens with zero attached hydrogens (tertiary/aromatic N) is 1. The zero-order valence-electron chi connectivity index (χ0n) is 15.2. The Morgan fingerprint density at radius 3 is 2.08 bits per heavy atom. The van der Waals surface area contributed by atoms with Crippen LogP contribution >= 0.6 is 0 Å². The normalized spacial score (nSPS) is 12.1. The van der Waals surface area contributed by atoms with Gasteiger partial charge in [-0.2, -0.15) is 0 Å². The first-order valence-corrected chi connectivity index (χ1v) is 8.48. The van der Waals surface area contributed by atoms with E-state index >= 15 is 0 Å². The van der Waals surface area contributed by atoms with Crippen LogP contribution in [-0.2, 0) is 9.59 Å². The van der Waals surface area contributed by atoms with Gasteiger partial charge in [0.2, 0.25) is 5.91 Å². The predicted molar refractivity (Wildman–Crippen MR) is 90.7 cm³/mol. The van der Waals surface area contributed by atoms with E-state index in [1.807, 2.05) is 0 Å². The molecule has 1 amide bonds. The number of carboxylic acids is 1. The van der Waals surface area contributed by atoms with Gasteiger partial charge in [0.15, 0.2) is 0 Å². The van der Waals surface area contributed by atoms with Gasteiger partial charge < -0.3 is 25.6 Å². The standard InChI is InChI=1S/C17H30N2O5.Na/c1-2-15(21)18-12-10-8-6-4-3-5-7-9-11-16(22)19-14(13-20)17(23)24;/h2,14,20H,1,3-13H2,(H,18,21)(H,19,22)(H,23,24);/q;+1/p-1/t14-;/m0./s1. The molecule has 0 aromatic carbocycles. The van der Waals surface area contributed by atoms with Crippen LogP contribution < -0.4 is 40.0 Å². The molecule has 3 N–H and O–H groups in total. The maximum Gasteiger partial charge on any atom is 1.00 e. The molecule has 0 rings (SSSR count). The monoisotopic (exact) mass is 364 g/mol. The van der Waals surface area contributed by atoms with Crippen LogP contribution in [0.5, 0.6) is 0 Å². The molecular formula is C17H29N2NaO5. The number of aliphatic hydroxyl groups is 1. The van der Waals surface area contributed by atoms with E-state index < -0.39 is 18.6 Å². The quantitative estimate of drug-likeness (QED) is 0.134. The van der Waals surface area contributed by atoms with E-state index in [2.05, 4.69) is 16.9 Å². The van der Waals surface area contributed by atoms with Gasteiger partial charge in [-0.05, 0) is 18.7 Å². The Labute approximate surface area is 171 Å². The smallest absolute Gasteiger partial charge is 0.859 e. The van der Waals surface area contributed by atoms with Gasteiger partial charge in [-0.25, -0.2) is 4.79 Å². The van der Waals surface area contributed by atoms with Crippen molar-refractivity contribution >= 4 is 17.8 Å². The average molecular weight is 364 g/mol. The molecule has 0 aliphatic carbocycles. The maximum atomic E-state index is 11.5. The molecule has 0 aliphatic heterocycles. The molecule has 0 saturated heterocycles. The zero-order chi connectivity index (χ0) is 18.2. The molecule has 0 aromatic rings. The number of nitrogens with one attached hydrogen (secondary N) is 1. The van der Waals surface area contributed by atoms with Gasteiger partial charge in [-0.1, -0.05) is 51.2 Å². The summed E-state index contributed by atoms with van der Waals surface area (Å²) in [5.74, 6) is -1.82. The Bertz CT molecular complexity index is 416. The van der Waals surface area contributed by atoms with Crippen molar-refractivity contribution < 1.29 is 54.5 Å². The molecule has 0 spiro atoms. The largest absolute Gasteiger partial charge is 1.00 e. The van der Waals surface area contributed by atoms with Gasteiger partial charge in [0.25, 0.3) is 0 Å². The molecule has 138 valence electrons. The zero-order valence-corrected chi connectivity index (χ0v) is 17.2. The second kappa shape index (κ2) is 17.9. The summed E-state index contributed by atoms with van der Waals surface area (Å²) in [4.78, 5) is 26.0. The Balaban J connectivity index is 0. The van der Waals surface area contributed by atoms with Crippen LogP contribution in [0.15, 0.2) is 17.6 Å². The molecular weight excluding hydrogens is 335 g/mol. The summed E-state index contributed by atoms with van der Waals surface area (Å²) in [6.07, 6.45) is 9.45. The predicted octanol–water partition coefficient (Wildman–Crippen LogP) is -1.99. The topological polar surface area (TPSA) is 122 Å². The third-order valence-electron chi connectivity index (χ3n) is 3.57. The molecule has 0 radical (unpaired) electrons. The van der Waals surface area contributed by atoms with Crippen LogP contribution in [0.1, 0.15) is 57.8 Å². The number of carbonyl (C=O) groups is 2.